The molecule has 0 aromatic heterocycles. The van der Waals surface area contributed by atoms with Crippen LogP contribution in [-0.2, 0) is 16.1 Å². The molecular formula is C15H17NO4. The van der Waals surface area contributed by atoms with Gasteiger partial charge in [-0.3, -0.25) is 9.59 Å². The lowest BCUT2D eigenvalue weighted by Gasteiger charge is -2.22. The number of hydrogen-bond donors (Lipinski definition) is 2. The van der Waals surface area contributed by atoms with Crippen molar-refractivity contribution in [3.05, 3.63) is 29.8 Å². The van der Waals surface area contributed by atoms with Crippen molar-refractivity contribution in [3.8, 4) is 5.75 Å². The van der Waals surface area contributed by atoms with Gasteiger partial charge in [-0.05, 0) is 37.0 Å². The number of carbonyl (C=O) groups is 2. The highest BCUT2D eigenvalue weighted by molar-refractivity contribution is 5.89. The van der Waals surface area contributed by atoms with Crippen molar-refractivity contribution in [2.45, 2.75) is 31.8 Å². The van der Waals surface area contributed by atoms with Crippen LogP contribution in [0.15, 0.2) is 24.3 Å². The molecule has 1 aromatic rings. The molecular weight excluding hydrogens is 258 g/mol. The highest BCUT2D eigenvalue weighted by atomic mass is 16.4. The molecule has 3 rings (SSSR count). The van der Waals surface area contributed by atoms with E-state index in [2.05, 4.69) is 0 Å². The number of nitrogens with zero attached hydrogens (tertiary/aromatic N) is 1. The number of carboxylic acids is 1. The Hall–Kier alpha value is -2.04. The molecule has 2 atom stereocenters. The van der Waals surface area contributed by atoms with Gasteiger partial charge >= 0.3 is 5.97 Å². The van der Waals surface area contributed by atoms with E-state index in [9.17, 15) is 14.7 Å². The first kappa shape index (κ1) is 13.0. The van der Waals surface area contributed by atoms with Crippen molar-refractivity contribution in [2.75, 3.05) is 0 Å². The van der Waals surface area contributed by atoms with Crippen LogP contribution in [0.4, 0.5) is 0 Å². The molecule has 2 saturated carbocycles. The van der Waals surface area contributed by atoms with E-state index >= 15 is 0 Å². The van der Waals surface area contributed by atoms with Crippen molar-refractivity contribution in [3.63, 3.8) is 0 Å². The second kappa shape index (κ2) is 4.81. The molecule has 2 fully saturated rings. The number of aliphatic carboxylic acids is 1. The molecule has 2 aliphatic rings. The van der Waals surface area contributed by atoms with Crippen LogP contribution in [0.5, 0.6) is 5.75 Å². The number of phenolic OH excluding ortho intramolecular Hbond substituents is 1. The first-order valence-electron chi connectivity index (χ1n) is 6.87. The maximum atomic E-state index is 12.4. The number of benzene rings is 1. The summed E-state index contributed by atoms with van der Waals surface area (Å²) in [5.74, 6) is -1.61. The summed E-state index contributed by atoms with van der Waals surface area (Å²) in [7, 11) is 0. The Labute approximate surface area is 116 Å². The van der Waals surface area contributed by atoms with Gasteiger partial charge in [0.2, 0.25) is 5.91 Å². The van der Waals surface area contributed by atoms with Crippen LogP contribution in [0.3, 0.4) is 0 Å². The zero-order valence-electron chi connectivity index (χ0n) is 11.0. The van der Waals surface area contributed by atoms with E-state index in [4.69, 9.17) is 5.11 Å². The fraction of sp³-hybridized carbons (Fsp3) is 0.467. The number of hydrogen-bond acceptors (Lipinski definition) is 3. The van der Waals surface area contributed by atoms with Crippen molar-refractivity contribution >= 4 is 11.9 Å². The van der Waals surface area contributed by atoms with Crippen molar-refractivity contribution in [1.82, 2.24) is 4.90 Å². The monoisotopic (exact) mass is 275 g/mol. The predicted octanol–water partition coefficient (Wildman–Crippen LogP) is 1.60. The van der Waals surface area contributed by atoms with Gasteiger partial charge in [0.25, 0.3) is 0 Å². The van der Waals surface area contributed by atoms with Crippen LogP contribution in [0, 0.1) is 11.8 Å². The van der Waals surface area contributed by atoms with Gasteiger partial charge in [0, 0.05) is 12.6 Å². The lowest BCUT2D eigenvalue weighted by Crippen LogP contribution is -2.34. The van der Waals surface area contributed by atoms with Crippen LogP contribution in [0.1, 0.15) is 24.8 Å². The zero-order valence-corrected chi connectivity index (χ0v) is 11.0. The third-order valence-corrected chi connectivity index (χ3v) is 3.96. The number of phenols is 1. The second-order valence-corrected chi connectivity index (χ2v) is 5.65. The van der Waals surface area contributed by atoms with Gasteiger partial charge in [0.05, 0.1) is 11.8 Å². The number of aromatic hydroxyl groups is 1. The quantitative estimate of drug-likeness (QED) is 0.855. The number of rotatable bonds is 5. The van der Waals surface area contributed by atoms with Gasteiger partial charge in [0.15, 0.2) is 0 Å². The summed E-state index contributed by atoms with van der Waals surface area (Å²) in [5.41, 5.74) is 0.873. The fourth-order valence-corrected chi connectivity index (χ4v) is 2.58. The molecule has 5 heteroatoms. The molecule has 20 heavy (non-hydrogen) atoms. The molecule has 1 aromatic carbocycles. The Bertz CT molecular complexity index is 553. The van der Waals surface area contributed by atoms with Gasteiger partial charge in [-0.1, -0.05) is 12.1 Å². The summed E-state index contributed by atoms with van der Waals surface area (Å²) < 4.78 is 0. The predicted molar refractivity (Wildman–Crippen MR) is 70.9 cm³/mol. The average molecular weight is 275 g/mol. The molecule has 0 spiro atoms. The standard InChI is InChI=1S/C15H17NO4/c17-11-3-1-2-9(6-11)8-16(10-4-5-10)14(18)12-7-13(12)15(19)20/h1-3,6,10,12-13,17H,4-5,7-8H2,(H,19,20). The fourth-order valence-electron chi connectivity index (χ4n) is 2.58. The largest absolute Gasteiger partial charge is 0.508 e. The Morgan fingerprint density at radius 3 is 2.55 bits per heavy atom. The summed E-state index contributed by atoms with van der Waals surface area (Å²) >= 11 is 0. The van der Waals surface area contributed by atoms with Crippen LogP contribution in [0.25, 0.3) is 0 Å². The highest BCUT2D eigenvalue weighted by Crippen LogP contribution is 2.42. The highest BCUT2D eigenvalue weighted by Gasteiger charge is 2.51. The van der Waals surface area contributed by atoms with E-state index in [0.29, 0.717) is 13.0 Å². The van der Waals surface area contributed by atoms with E-state index in [1.807, 2.05) is 6.07 Å². The minimum Gasteiger partial charge on any atom is -0.508 e. The van der Waals surface area contributed by atoms with Gasteiger partial charge < -0.3 is 15.1 Å². The van der Waals surface area contributed by atoms with Crippen LogP contribution in [0.2, 0.25) is 0 Å². The summed E-state index contributed by atoms with van der Waals surface area (Å²) in [5, 5.41) is 18.4. The Kier molecular flexibility index (Phi) is 3.12. The normalized spacial score (nSPS) is 24.2. The topological polar surface area (TPSA) is 77.8 Å². The SMILES string of the molecule is O=C(O)C1CC1C(=O)N(Cc1cccc(O)c1)C1CC1. The molecule has 106 valence electrons. The lowest BCUT2D eigenvalue weighted by atomic mass is 10.2. The number of carbonyl (C=O) groups excluding carboxylic acids is 1. The maximum absolute atomic E-state index is 12.4. The second-order valence-electron chi connectivity index (χ2n) is 5.65. The maximum Gasteiger partial charge on any atom is 0.307 e. The average Bonchev–Trinajstić information content (AvgIpc) is 3.28. The summed E-state index contributed by atoms with van der Waals surface area (Å²) in [6.45, 7) is 0.445. The Balaban J connectivity index is 1.70. The molecule has 0 bridgehead atoms. The van der Waals surface area contributed by atoms with Gasteiger partial charge in [-0.15, -0.1) is 0 Å². The first-order chi connectivity index (χ1) is 9.56. The van der Waals surface area contributed by atoms with Crippen molar-refractivity contribution in [2.24, 2.45) is 11.8 Å². The van der Waals surface area contributed by atoms with E-state index in [1.54, 1.807) is 23.1 Å². The Morgan fingerprint density at radius 1 is 1.25 bits per heavy atom. The summed E-state index contributed by atoms with van der Waals surface area (Å²) in [6.07, 6.45) is 2.42. The van der Waals surface area contributed by atoms with Crippen LogP contribution < -0.4 is 0 Å². The molecule has 0 saturated heterocycles. The van der Waals surface area contributed by atoms with Gasteiger partial charge in [0.1, 0.15) is 5.75 Å². The first-order valence-corrected chi connectivity index (χ1v) is 6.87. The van der Waals surface area contributed by atoms with Crippen molar-refractivity contribution in [1.29, 1.82) is 0 Å². The van der Waals surface area contributed by atoms with Crippen LogP contribution >= 0.6 is 0 Å². The minimum absolute atomic E-state index is 0.0526. The van der Waals surface area contributed by atoms with E-state index in [-0.39, 0.29) is 23.6 Å². The van der Waals surface area contributed by atoms with Crippen LogP contribution in [-0.4, -0.2) is 33.0 Å². The molecule has 5 nitrogen and oxygen atoms in total. The number of amides is 1. The zero-order chi connectivity index (χ0) is 14.3. The van der Waals surface area contributed by atoms with Crippen molar-refractivity contribution < 1.29 is 19.8 Å². The Morgan fingerprint density at radius 2 is 2.00 bits per heavy atom. The summed E-state index contributed by atoms with van der Waals surface area (Å²) in [6, 6.07) is 7.08. The van der Waals surface area contributed by atoms with E-state index in [0.717, 1.165) is 18.4 Å². The molecule has 0 radical (unpaired) electrons. The molecule has 2 aliphatic carbocycles. The molecule has 0 heterocycles. The van der Waals surface area contributed by atoms with E-state index < -0.39 is 11.9 Å². The lowest BCUT2D eigenvalue weighted by molar-refractivity contribution is -0.142. The molecule has 0 aliphatic heterocycles. The molecule has 2 N–H and O–H groups in total. The van der Waals surface area contributed by atoms with Gasteiger partial charge in [-0.2, -0.15) is 0 Å². The molecule has 1 amide bonds. The minimum atomic E-state index is -0.878. The van der Waals surface area contributed by atoms with Gasteiger partial charge in [-0.25, -0.2) is 0 Å². The third-order valence-electron chi connectivity index (χ3n) is 3.96. The molecule has 2 unspecified atom stereocenters. The summed E-state index contributed by atoms with van der Waals surface area (Å²) in [4.78, 5) is 25.1. The number of carboxylic acid groups (broad SMARTS) is 1. The smallest absolute Gasteiger partial charge is 0.307 e. The third kappa shape index (κ3) is 2.61. The van der Waals surface area contributed by atoms with E-state index in [1.165, 1.54) is 0 Å².